The standard InChI is InChI=1S/C15H20Cl2N2O2.ClH/c16-11-5-6-14(13(17)9-11)21-8-2-4-15(20)19-10-12-3-1-7-18-12;/h5-6,9,12,18H,1-4,7-8,10H2,(H,19,20);1H. The number of rotatable bonds is 7. The van der Waals surface area contributed by atoms with Crippen molar-refractivity contribution >= 4 is 41.5 Å². The molecule has 0 bridgehead atoms. The third-order valence-corrected chi connectivity index (χ3v) is 3.94. The minimum absolute atomic E-state index is 0. The van der Waals surface area contributed by atoms with Gasteiger partial charge in [0.1, 0.15) is 5.75 Å². The van der Waals surface area contributed by atoms with E-state index in [0.29, 0.717) is 47.8 Å². The van der Waals surface area contributed by atoms with Crippen LogP contribution in [0.1, 0.15) is 25.7 Å². The van der Waals surface area contributed by atoms with Gasteiger partial charge in [-0.1, -0.05) is 23.2 Å². The van der Waals surface area contributed by atoms with Crippen molar-refractivity contribution in [2.45, 2.75) is 31.7 Å². The third-order valence-electron chi connectivity index (χ3n) is 3.41. The summed E-state index contributed by atoms with van der Waals surface area (Å²) in [4.78, 5) is 11.7. The predicted molar refractivity (Wildman–Crippen MR) is 92.5 cm³/mol. The Balaban J connectivity index is 0.00000242. The molecule has 1 aromatic rings. The lowest BCUT2D eigenvalue weighted by Crippen LogP contribution is -2.37. The Kier molecular flexibility index (Phi) is 8.95. The van der Waals surface area contributed by atoms with E-state index in [1.165, 1.54) is 6.42 Å². The molecule has 1 saturated heterocycles. The van der Waals surface area contributed by atoms with Crippen molar-refractivity contribution in [1.82, 2.24) is 10.6 Å². The van der Waals surface area contributed by atoms with E-state index in [-0.39, 0.29) is 18.3 Å². The van der Waals surface area contributed by atoms with Crippen molar-refractivity contribution in [2.75, 3.05) is 19.7 Å². The molecular weight excluding hydrogens is 347 g/mol. The number of nitrogens with one attached hydrogen (secondary N) is 2. The molecule has 0 saturated carbocycles. The Hall–Kier alpha value is -0.680. The number of benzene rings is 1. The van der Waals surface area contributed by atoms with Crippen molar-refractivity contribution in [3.63, 3.8) is 0 Å². The SMILES string of the molecule is Cl.O=C(CCCOc1ccc(Cl)cc1Cl)NCC1CCCN1. The number of hydrogen-bond acceptors (Lipinski definition) is 3. The summed E-state index contributed by atoms with van der Waals surface area (Å²) in [6.07, 6.45) is 3.44. The fourth-order valence-electron chi connectivity index (χ4n) is 2.26. The van der Waals surface area contributed by atoms with Gasteiger partial charge in [-0.05, 0) is 44.0 Å². The van der Waals surface area contributed by atoms with Crippen LogP contribution in [0.3, 0.4) is 0 Å². The molecule has 4 nitrogen and oxygen atoms in total. The van der Waals surface area contributed by atoms with Gasteiger partial charge in [-0.25, -0.2) is 0 Å². The molecule has 0 aliphatic carbocycles. The van der Waals surface area contributed by atoms with E-state index in [4.69, 9.17) is 27.9 Å². The van der Waals surface area contributed by atoms with Gasteiger partial charge in [-0.15, -0.1) is 12.4 Å². The van der Waals surface area contributed by atoms with Gasteiger partial charge in [0.05, 0.1) is 11.6 Å². The second-order valence-corrected chi connectivity index (χ2v) is 5.97. The van der Waals surface area contributed by atoms with Crippen LogP contribution >= 0.6 is 35.6 Å². The highest BCUT2D eigenvalue weighted by atomic mass is 35.5. The predicted octanol–water partition coefficient (Wildman–Crippen LogP) is 3.44. The second-order valence-electron chi connectivity index (χ2n) is 5.12. The second kappa shape index (κ2) is 10.2. The summed E-state index contributed by atoms with van der Waals surface area (Å²) in [5.74, 6) is 0.658. The average Bonchev–Trinajstić information content (AvgIpc) is 2.96. The fraction of sp³-hybridized carbons (Fsp3) is 0.533. The van der Waals surface area contributed by atoms with Gasteiger partial charge in [0.25, 0.3) is 0 Å². The number of carbonyl (C=O) groups excluding carboxylic acids is 1. The zero-order chi connectivity index (χ0) is 15.1. The highest BCUT2D eigenvalue weighted by Gasteiger charge is 2.14. The van der Waals surface area contributed by atoms with Crippen LogP contribution in [-0.2, 0) is 4.79 Å². The van der Waals surface area contributed by atoms with Gasteiger partial charge >= 0.3 is 0 Å². The molecule has 1 fully saturated rings. The van der Waals surface area contributed by atoms with Crippen molar-refractivity contribution in [3.8, 4) is 5.75 Å². The summed E-state index contributed by atoms with van der Waals surface area (Å²) in [5.41, 5.74) is 0. The lowest BCUT2D eigenvalue weighted by atomic mass is 10.2. The molecule has 1 heterocycles. The molecule has 0 aromatic heterocycles. The topological polar surface area (TPSA) is 50.4 Å². The van der Waals surface area contributed by atoms with Gasteiger partial charge < -0.3 is 15.4 Å². The van der Waals surface area contributed by atoms with E-state index in [9.17, 15) is 4.79 Å². The molecular formula is C15H21Cl3N2O2. The molecule has 0 spiro atoms. The molecule has 2 rings (SSSR count). The maximum absolute atomic E-state index is 11.7. The first-order valence-electron chi connectivity index (χ1n) is 7.23. The molecule has 0 radical (unpaired) electrons. The van der Waals surface area contributed by atoms with Crippen LogP contribution in [0.25, 0.3) is 0 Å². The zero-order valence-corrected chi connectivity index (χ0v) is 14.6. The molecule has 1 aliphatic heterocycles. The molecule has 1 unspecified atom stereocenters. The highest BCUT2D eigenvalue weighted by Crippen LogP contribution is 2.27. The zero-order valence-electron chi connectivity index (χ0n) is 12.2. The van der Waals surface area contributed by atoms with Crippen LogP contribution in [0.2, 0.25) is 10.0 Å². The summed E-state index contributed by atoms with van der Waals surface area (Å²) in [6, 6.07) is 5.53. The number of carbonyl (C=O) groups is 1. The minimum atomic E-state index is 0. The quantitative estimate of drug-likeness (QED) is 0.726. The van der Waals surface area contributed by atoms with E-state index in [0.717, 1.165) is 13.0 Å². The summed E-state index contributed by atoms with van der Waals surface area (Å²) >= 11 is 11.8. The largest absolute Gasteiger partial charge is 0.492 e. The van der Waals surface area contributed by atoms with E-state index >= 15 is 0 Å². The number of halogens is 3. The Morgan fingerprint density at radius 2 is 2.23 bits per heavy atom. The Bertz CT molecular complexity index is 480. The van der Waals surface area contributed by atoms with E-state index < -0.39 is 0 Å². The monoisotopic (exact) mass is 366 g/mol. The molecule has 1 aliphatic rings. The molecule has 1 aromatic carbocycles. The summed E-state index contributed by atoms with van der Waals surface area (Å²) < 4.78 is 5.54. The number of ether oxygens (including phenoxy) is 1. The Labute approximate surface area is 147 Å². The van der Waals surface area contributed by atoms with Crippen LogP contribution in [-0.4, -0.2) is 31.6 Å². The maximum Gasteiger partial charge on any atom is 0.220 e. The van der Waals surface area contributed by atoms with Gasteiger partial charge in [0, 0.05) is 24.0 Å². The lowest BCUT2D eigenvalue weighted by Gasteiger charge is -2.12. The summed E-state index contributed by atoms with van der Waals surface area (Å²) in [6.45, 7) is 2.22. The fourth-order valence-corrected chi connectivity index (χ4v) is 2.73. The highest BCUT2D eigenvalue weighted by molar-refractivity contribution is 6.35. The minimum Gasteiger partial charge on any atom is -0.492 e. The van der Waals surface area contributed by atoms with Crippen LogP contribution in [0, 0.1) is 0 Å². The number of hydrogen-bond donors (Lipinski definition) is 2. The first-order chi connectivity index (χ1) is 10.1. The van der Waals surface area contributed by atoms with Crippen molar-refractivity contribution < 1.29 is 9.53 Å². The van der Waals surface area contributed by atoms with E-state index in [2.05, 4.69) is 10.6 Å². The average molecular weight is 368 g/mol. The molecule has 1 amide bonds. The first kappa shape index (κ1) is 19.4. The van der Waals surface area contributed by atoms with Crippen molar-refractivity contribution in [3.05, 3.63) is 28.2 Å². The maximum atomic E-state index is 11.7. The van der Waals surface area contributed by atoms with E-state index in [1.807, 2.05) is 0 Å². The van der Waals surface area contributed by atoms with Gasteiger partial charge in [-0.2, -0.15) is 0 Å². The van der Waals surface area contributed by atoms with Crippen LogP contribution in [0.4, 0.5) is 0 Å². The van der Waals surface area contributed by atoms with Gasteiger partial charge in [-0.3, -0.25) is 4.79 Å². The Morgan fingerprint density at radius 3 is 2.91 bits per heavy atom. The molecule has 2 N–H and O–H groups in total. The lowest BCUT2D eigenvalue weighted by molar-refractivity contribution is -0.121. The molecule has 1 atom stereocenters. The normalized spacial score (nSPS) is 16.9. The van der Waals surface area contributed by atoms with Crippen LogP contribution in [0.15, 0.2) is 18.2 Å². The Morgan fingerprint density at radius 1 is 1.41 bits per heavy atom. The smallest absolute Gasteiger partial charge is 0.220 e. The van der Waals surface area contributed by atoms with Gasteiger partial charge in [0.2, 0.25) is 5.91 Å². The molecule has 7 heteroatoms. The molecule has 124 valence electrons. The van der Waals surface area contributed by atoms with Crippen LogP contribution < -0.4 is 15.4 Å². The van der Waals surface area contributed by atoms with Gasteiger partial charge in [0.15, 0.2) is 0 Å². The first-order valence-corrected chi connectivity index (χ1v) is 7.98. The summed E-state index contributed by atoms with van der Waals surface area (Å²) in [5, 5.41) is 7.35. The van der Waals surface area contributed by atoms with Crippen molar-refractivity contribution in [1.29, 1.82) is 0 Å². The van der Waals surface area contributed by atoms with E-state index in [1.54, 1.807) is 18.2 Å². The number of amides is 1. The summed E-state index contributed by atoms with van der Waals surface area (Å²) in [7, 11) is 0. The third kappa shape index (κ3) is 6.61. The molecule has 22 heavy (non-hydrogen) atoms. The van der Waals surface area contributed by atoms with Crippen molar-refractivity contribution in [2.24, 2.45) is 0 Å². The van der Waals surface area contributed by atoms with Crippen LogP contribution in [0.5, 0.6) is 5.75 Å².